The zero-order valence-corrected chi connectivity index (χ0v) is 17.1. The minimum absolute atomic E-state index is 0.131. The number of hydrogen-bond acceptors (Lipinski definition) is 8. The number of pyridine rings is 1. The van der Waals surface area contributed by atoms with Gasteiger partial charge in [0.05, 0.1) is 16.7 Å². The number of benzene rings is 2. The maximum absolute atomic E-state index is 11.1. The molecule has 1 heterocycles. The Morgan fingerprint density at radius 1 is 0.906 bits per heavy atom. The number of nitrogens with one attached hydrogen (secondary N) is 2. The second-order valence-corrected chi connectivity index (χ2v) is 6.58. The Kier molecular flexibility index (Phi) is 6.41. The number of carboxylic acids is 2. The first-order valence-corrected chi connectivity index (χ1v) is 9.29. The molecule has 1 aromatic heterocycles. The van der Waals surface area contributed by atoms with E-state index in [-0.39, 0.29) is 22.5 Å². The topological polar surface area (TPSA) is 160 Å². The van der Waals surface area contributed by atoms with Gasteiger partial charge in [-0.15, -0.1) is 0 Å². The molecule has 160 valence electrons. The van der Waals surface area contributed by atoms with E-state index >= 15 is 0 Å². The number of carbonyl (C=O) groups is 2. The summed E-state index contributed by atoms with van der Waals surface area (Å²) in [6.07, 6.45) is 0. The van der Waals surface area contributed by atoms with Crippen molar-refractivity contribution in [3.8, 4) is 6.07 Å². The van der Waals surface area contributed by atoms with Crippen LogP contribution in [0.3, 0.4) is 0 Å². The van der Waals surface area contributed by atoms with E-state index in [9.17, 15) is 14.9 Å². The van der Waals surface area contributed by atoms with Crippen molar-refractivity contribution < 1.29 is 19.8 Å². The van der Waals surface area contributed by atoms with E-state index in [1.165, 1.54) is 31.3 Å². The Morgan fingerprint density at radius 2 is 1.38 bits per heavy atom. The van der Waals surface area contributed by atoms with Crippen LogP contribution >= 0.6 is 0 Å². The largest absolute Gasteiger partial charge is 0.478 e. The van der Waals surface area contributed by atoms with Gasteiger partial charge >= 0.3 is 11.9 Å². The minimum atomic E-state index is -1.04. The highest BCUT2D eigenvalue weighted by Gasteiger charge is 2.18. The highest BCUT2D eigenvalue weighted by atomic mass is 16.4. The predicted molar refractivity (Wildman–Crippen MR) is 117 cm³/mol. The summed E-state index contributed by atoms with van der Waals surface area (Å²) in [5.41, 5.74) is 2.52. The van der Waals surface area contributed by atoms with Crippen molar-refractivity contribution in [2.45, 2.75) is 6.92 Å². The molecule has 10 heteroatoms. The molecule has 0 aliphatic carbocycles. The molecule has 0 radical (unpaired) electrons. The number of rotatable bonds is 7. The van der Waals surface area contributed by atoms with Crippen LogP contribution in [0.5, 0.6) is 0 Å². The van der Waals surface area contributed by atoms with Gasteiger partial charge in [-0.3, -0.25) is 0 Å². The highest BCUT2D eigenvalue weighted by Crippen LogP contribution is 2.36. The molecule has 0 fully saturated rings. The van der Waals surface area contributed by atoms with Crippen molar-refractivity contribution in [3.63, 3.8) is 0 Å². The number of aromatic nitrogens is 1. The van der Waals surface area contributed by atoms with Gasteiger partial charge in [0.1, 0.15) is 11.8 Å². The smallest absolute Gasteiger partial charge is 0.335 e. The van der Waals surface area contributed by atoms with Crippen molar-refractivity contribution in [2.24, 2.45) is 10.2 Å². The monoisotopic (exact) mass is 430 g/mol. The van der Waals surface area contributed by atoms with Gasteiger partial charge in [-0.2, -0.15) is 15.5 Å². The Hall–Kier alpha value is -4.78. The van der Waals surface area contributed by atoms with Crippen LogP contribution in [0.15, 0.2) is 58.8 Å². The van der Waals surface area contributed by atoms with Gasteiger partial charge in [-0.25, -0.2) is 14.6 Å². The molecule has 0 aliphatic rings. The molecular weight excluding hydrogens is 412 g/mol. The molecule has 0 unspecified atom stereocenters. The van der Waals surface area contributed by atoms with Gasteiger partial charge in [0.15, 0.2) is 11.6 Å². The van der Waals surface area contributed by atoms with Crippen LogP contribution in [0.1, 0.15) is 31.8 Å². The number of nitrogens with zero attached hydrogens (tertiary/aromatic N) is 4. The van der Waals surface area contributed by atoms with E-state index in [4.69, 9.17) is 10.2 Å². The molecule has 3 aromatic rings. The molecule has 2 aromatic carbocycles. The zero-order chi connectivity index (χ0) is 23.3. The van der Waals surface area contributed by atoms with Crippen LogP contribution in [0.2, 0.25) is 0 Å². The molecule has 0 saturated carbocycles. The second kappa shape index (κ2) is 9.36. The summed E-state index contributed by atoms with van der Waals surface area (Å²) in [7, 11) is 1.49. The summed E-state index contributed by atoms with van der Waals surface area (Å²) >= 11 is 0. The number of azo groups is 1. The molecule has 0 bridgehead atoms. The third kappa shape index (κ3) is 4.68. The summed E-state index contributed by atoms with van der Waals surface area (Å²) in [4.78, 5) is 26.6. The van der Waals surface area contributed by atoms with E-state index in [1.54, 1.807) is 31.2 Å². The van der Waals surface area contributed by atoms with Gasteiger partial charge in [-0.05, 0) is 55.5 Å². The van der Waals surface area contributed by atoms with Crippen LogP contribution in [0.25, 0.3) is 0 Å². The summed E-state index contributed by atoms with van der Waals surface area (Å²) in [5.74, 6) is -1.53. The molecule has 0 atom stereocenters. The fourth-order valence-electron chi connectivity index (χ4n) is 2.90. The van der Waals surface area contributed by atoms with Crippen LogP contribution in [0, 0.1) is 18.3 Å². The Balaban J connectivity index is 2.03. The lowest BCUT2D eigenvalue weighted by Crippen LogP contribution is -2.04. The third-order valence-electron chi connectivity index (χ3n) is 4.52. The quantitative estimate of drug-likeness (QED) is 0.387. The lowest BCUT2D eigenvalue weighted by molar-refractivity contribution is 0.0686. The van der Waals surface area contributed by atoms with Crippen molar-refractivity contribution >= 4 is 40.6 Å². The predicted octanol–water partition coefficient (Wildman–Crippen LogP) is 4.86. The molecule has 0 aliphatic heterocycles. The Morgan fingerprint density at radius 3 is 1.78 bits per heavy atom. The van der Waals surface area contributed by atoms with E-state index < -0.39 is 11.9 Å². The first kappa shape index (κ1) is 21.9. The SMILES string of the molecule is CN=Nc1c(Nc2ccc(C(=O)O)cc2)nc(Nc2ccc(C(=O)O)cc2)c(C#N)c1C. The van der Waals surface area contributed by atoms with E-state index in [2.05, 4.69) is 31.9 Å². The molecule has 4 N–H and O–H groups in total. The zero-order valence-electron chi connectivity index (χ0n) is 17.1. The van der Waals surface area contributed by atoms with Crippen molar-refractivity contribution in [1.82, 2.24) is 4.98 Å². The molecule has 10 nitrogen and oxygen atoms in total. The molecule has 0 spiro atoms. The summed E-state index contributed by atoms with van der Waals surface area (Å²) in [6.45, 7) is 1.71. The molecule has 0 amide bonds. The van der Waals surface area contributed by atoms with Crippen LogP contribution in [-0.2, 0) is 0 Å². The second-order valence-electron chi connectivity index (χ2n) is 6.58. The molecule has 32 heavy (non-hydrogen) atoms. The average Bonchev–Trinajstić information content (AvgIpc) is 2.77. The molecule has 0 saturated heterocycles. The number of hydrogen-bond donors (Lipinski definition) is 4. The maximum atomic E-state index is 11.1. The fourth-order valence-corrected chi connectivity index (χ4v) is 2.90. The number of aromatic carboxylic acids is 2. The van der Waals surface area contributed by atoms with Gasteiger partial charge < -0.3 is 20.8 Å². The van der Waals surface area contributed by atoms with Gasteiger partial charge in [0.25, 0.3) is 0 Å². The van der Waals surface area contributed by atoms with Gasteiger partial charge in [0.2, 0.25) is 0 Å². The van der Waals surface area contributed by atoms with E-state index in [1.807, 2.05) is 0 Å². The highest BCUT2D eigenvalue weighted by molar-refractivity contribution is 5.89. The average molecular weight is 430 g/mol. The third-order valence-corrected chi connectivity index (χ3v) is 4.52. The molecule has 3 rings (SSSR count). The Labute approximate surface area is 182 Å². The first-order chi connectivity index (χ1) is 15.3. The molecular formula is C22H18N6O4. The standard InChI is InChI=1S/C22H18N6O4/c1-12-17(11-23)19(25-15-7-3-13(4-8-15)21(29)30)27-20(18(12)28-24-2)26-16-9-5-14(6-10-16)22(31)32/h3-10H,1-2H3,(H,29,30)(H,31,32)(H2,25,26,27). The Bertz CT molecular complexity index is 1250. The van der Waals surface area contributed by atoms with Crippen molar-refractivity contribution in [3.05, 3.63) is 70.8 Å². The van der Waals surface area contributed by atoms with Crippen molar-refractivity contribution in [1.29, 1.82) is 5.26 Å². The van der Waals surface area contributed by atoms with Crippen molar-refractivity contribution in [2.75, 3.05) is 17.7 Å². The van der Waals surface area contributed by atoms with E-state index in [0.717, 1.165) is 0 Å². The number of carboxylic acid groups (broad SMARTS) is 2. The minimum Gasteiger partial charge on any atom is -0.478 e. The van der Waals surface area contributed by atoms with Crippen LogP contribution < -0.4 is 10.6 Å². The number of anilines is 4. The van der Waals surface area contributed by atoms with Gasteiger partial charge in [0, 0.05) is 24.0 Å². The van der Waals surface area contributed by atoms with Crippen LogP contribution in [-0.4, -0.2) is 34.2 Å². The first-order valence-electron chi connectivity index (χ1n) is 9.29. The summed E-state index contributed by atoms with van der Waals surface area (Å²) in [6, 6.07) is 14.2. The van der Waals surface area contributed by atoms with Crippen LogP contribution in [0.4, 0.5) is 28.7 Å². The van der Waals surface area contributed by atoms with Gasteiger partial charge in [-0.1, -0.05) is 0 Å². The van der Waals surface area contributed by atoms with E-state index in [0.29, 0.717) is 28.4 Å². The summed E-state index contributed by atoms with van der Waals surface area (Å²) < 4.78 is 0. The summed E-state index contributed by atoms with van der Waals surface area (Å²) in [5, 5.41) is 41.8. The normalized spacial score (nSPS) is 10.5. The lowest BCUT2D eigenvalue weighted by Gasteiger charge is -2.16. The lowest BCUT2D eigenvalue weighted by atomic mass is 10.1. The maximum Gasteiger partial charge on any atom is 0.335 e. The number of nitriles is 1. The fraction of sp³-hybridized carbons (Fsp3) is 0.0909.